The van der Waals surface area contributed by atoms with Crippen molar-refractivity contribution >= 4 is 11.9 Å². The largest absolute Gasteiger partial charge is 0.471 e. The van der Waals surface area contributed by atoms with E-state index < -0.39 is 24.0 Å². The van der Waals surface area contributed by atoms with Gasteiger partial charge in [0.05, 0.1) is 13.0 Å². The molecule has 0 aromatic rings. The van der Waals surface area contributed by atoms with Crippen LogP contribution in [0.1, 0.15) is 12.8 Å². The first-order valence-corrected chi connectivity index (χ1v) is 4.80. The van der Waals surface area contributed by atoms with Crippen LogP contribution in [0.25, 0.3) is 0 Å². The average molecular weight is 239 g/mol. The predicted molar refractivity (Wildman–Crippen MR) is 47.4 cm³/mol. The molecule has 1 fully saturated rings. The van der Waals surface area contributed by atoms with Gasteiger partial charge in [-0.2, -0.15) is 13.2 Å². The van der Waals surface area contributed by atoms with Crippen molar-refractivity contribution in [1.82, 2.24) is 4.90 Å². The molecule has 0 aromatic heterocycles. The van der Waals surface area contributed by atoms with Gasteiger partial charge in [0.2, 0.25) is 0 Å². The lowest BCUT2D eigenvalue weighted by molar-refractivity contribution is -0.187. The van der Waals surface area contributed by atoms with Crippen molar-refractivity contribution in [3.05, 3.63) is 0 Å². The highest BCUT2D eigenvalue weighted by atomic mass is 19.4. The topological polar surface area (TPSA) is 46.6 Å². The summed E-state index contributed by atoms with van der Waals surface area (Å²) >= 11 is 0. The molecule has 1 saturated heterocycles. The molecule has 0 aliphatic carbocycles. The first-order chi connectivity index (χ1) is 7.36. The van der Waals surface area contributed by atoms with E-state index in [1.807, 2.05) is 0 Å². The average Bonchev–Trinajstić information content (AvgIpc) is 2.26. The smallest absolute Gasteiger partial charge is 0.469 e. The summed E-state index contributed by atoms with van der Waals surface area (Å²) in [7, 11) is 1.23. The van der Waals surface area contributed by atoms with Crippen LogP contribution in [0, 0.1) is 5.92 Å². The second-order valence-electron chi connectivity index (χ2n) is 3.59. The number of amides is 1. The molecule has 0 bridgehead atoms. The number of esters is 1. The maximum Gasteiger partial charge on any atom is 0.471 e. The van der Waals surface area contributed by atoms with E-state index in [0.29, 0.717) is 0 Å². The number of rotatable bonds is 1. The number of alkyl halides is 3. The zero-order valence-electron chi connectivity index (χ0n) is 8.71. The van der Waals surface area contributed by atoms with Crippen molar-refractivity contribution in [2.75, 3.05) is 20.2 Å². The maximum absolute atomic E-state index is 12.1. The molecule has 0 unspecified atom stereocenters. The molecule has 0 aromatic carbocycles. The minimum absolute atomic E-state index is 0.0574. The van der Waals surface area contributed by atoms with Crippen LogP contribution in [0.15, 0.2) is 0 Å². The lowest BCUT2D eigenvalue weighted by atomic mass is 9.97. The Labute approximate surface area is 90.3 Å². The molecule has 4 nitrogen and oxygen atoms in total. The van der Waals surface area contributed by atoms with Gasteiger partial charge in [-0.1, -0.05) is 0 Å². The van der Waals surface area contributed by atoms with Crippen LogP contribution in [-0.4, -0.2) is 43.2 Å². The number of piperidine rings is 1. The maximum atomic E-state index is 12.1. The van der Waals surface area contributed by atoms with Crippen LogP contribution in [0.2, 0.25) is 0 Å². The molecule has 0 saturated carbocycles. The zero-order valence-corrected chi connectivity index (χ0v) is 8.71. The van der Waals surface area contributed by atoms with Gasteiger partial charge < -0.3 is 9.64 Å². The van der Waals surface area contributed by atoms with Crippen molar-refractivity contribution in [3.8, 4) is 0 Å². The Morgan fingerprint density at radius 3 is 2.12 bits per heavy atom. The first-order valence-electron chi connectivity index (χ1n) is 4.80. The van der Waals surface area contributed by atoms with Gasteiger partial charge in [-0.3, -0.25) is 9.59 Å². The van der Waals surface area contributed by atoms with Crippen LogP contribution in [0.3, 0.4) is 0 Å². The van der Waals surface area contributed by atoms with E-state index in [1.165, 1.54) is 7.11 Å². The monoisotopic (exact) mass is 239 g/mol. The van der Waals surface area contributed by atoms with Crippen LogP contribution < -0.4 is 0 Å². The number of methoxy groups -OCH3 is 1. The lowest BCUT2D eigenvalue weighted by Crippen LogP contribution is -2.46. The Balaban J connectivity index is 2.49. The third-order valence-electron chi connectivity index (χ3n) is 2.56. The molecule has 0 radical (unpaired) electrons. The molecule has 1 aliphatic heterocycles. The summed E-state index contributed by atoms with van der Waals surface area (Å²) in [4.78, 5) is 22.7. The summed E-state index contributed by atoms with van der Waals surface area (Å²) < 4.78 is 40.7. The SMILES string of the molecule is COC(=O)C1CCN(C(=O)C(F)(F)F)CC1. The van der Waals surface area contributed by atoms with E-state index >= 15 is 0 Å². The molecule has 0 spiro atoms. The summed E-state index contributed by atoms with van der Waals surface area (Å²) in [6, 6.07) is 0. The van der Waals surface area contributed by atoms with Gasteiger partial charge in [-0.05, 0) is 12.8 Å². The molecular formula is C9H12F3NO3. The second kappa shape index (κ2) is 4.71. The molecule has 16 heavy (non-hydrogen) atoms. The van der Waals surface area contributed by atoms with E-state index in [9.17, 15) is 22.8 Å². The molecular weight excluding hydrogens is 227 g/mol. The normalized spacial score (nSPS) is 18.4. The third kappa shape index (κ3) is 2.86. The third-order valence-corrected chi connectivity index (χ3v) is 2.56. The highest BCUT2D eigenvalue weighted by Crippen LogP contribution is 2.24. The fraction of sp³-hybridized carbons (Fsp3) is 0.778. The quantitative estimate of drug-likeness (QED) is 0.640. The van der Waals surface area contributed by atoms with E-state index in [0.717, 1.165) is 4.90 Å². The number of hydrogen-bond acceptors (Lipinski definition) is 3. The number of halogens is 3. The summed E-state index contributed by atoms with van der Waals surface area (Å²) in [6.45, 7) is -0.115. The number of nitrogens with zero attached hydrogens (tertiary/aromatic N) is 1. The van der Waals surface area contributed by atoms with E-state index in [-0.39, 0.29) is 25.9 Å². The van der Waals surface area contributed by atoms with Crippen LogP contribution in [0.4, 0.5) is 13.2 Å². The molecule has 92 valence electrons. The highest BCUT2D eigenvalue weighted by Gasteiger charge is 2.43. The van der Waals surface area contributed by atoms with Crippen LogP contribution in [-0.2, 0) is 14.3 Å². The van der Waals surface area contributed by atoms with Crippen molar-refractivity contribution in [1.29, 1.82) is 0 Å². The fourth-order valence-corrected chi connectivity index (χ4v) is 1.66. The van der Waals surface area contributed by atoms with E-state index in [4.69, 9.17) is 0 Å². The van der Waals surface area contributed by atoms with Crippen LogP contribution >= 0.6 is 0 Å². The Bertz CT molecular complexity index is 282. The molecule has 0 atom stereocenters. The van der Waals surface area contributed by atoms with Gasteiger partial charge >= 0.3 is 18.1 Å². The Morgan fingerprint density at radius 1 is 1.25 bits per heavy atom. The minimum atomic E-state index is -4.84. The molecule has 1 rings (SSSR count). The van der Waals surface area contributed by atoms with Crippen molar-refractivity contribution in [3.63, 3.8) is 0 Å². The number of carbonyl (C=O) groups excluding carboxylic acids is 2. The van der Waals surface area contributed by atoms with Crippen molar-refractivity contribution in [2.45, 2.75) is 19.0 Å². The van der Waals surface area contributed by atoms with Gasteiger partial charge in [0.1, 0.15) is 0 Å². The Hall–Kier alpha value is -1.27. The standard InChI is InChI=1S/C9H12F3NO3/c1-16-7(14)6-2-4-13(5-3-6)8(15)9(10,11)12/h6H,2-5H2,1H3. The summed E-state index contributed by atoms with van der Waals surface area (Å²) in [5, 5.41) is 0. The fourth-order valence-electron chi connectivity index (χ4n) is 1.66. The van der Waals surface area contributed by atoms with E-state index in [1.54, 1.807) is 0 Å². The van der Waals surface area contributed by atoms with Gasteiger partial charge in [-0.15, -0.1) is 0 Å². The predicted octanol–water partition coefficient (Wildman–Crippen LogP) is 0.960. The molecule has 1 aliphatic rings. The van der Waals surface area contributed by atoms with Gasteiger partial charge in [0.25, 0.3) is 0 Å². The van der Waals surface area contributed by atoms with Gasteiger partial charge in [0, 0.05) is 13.1 Å². The molecule has 0 N–H and O–H groups in total. The molecule has 7 heteroatoms. The van der Waals surface area contributed by atoms with E-state index in [2.05, 4.69) is 4.74 Å². The summed E-state index contributed by atoms with van der Waals surface area (Å²) in [6.07, 6.45) is -4.40. The lowest BCUT2D eigenvalue weighted by Gasteiger charge is -2.30. The summed E-state index contributed by atoms with van der Waals surface area (Å²) in [5.74, 6) is -2.67. The second-order valence-corrected chi connectivity index (χ2v) is 3.59. The van der Waals surface area contributed by atoms with Crippen molar-refractivity contribution in [2.24, 2.45) is 5.92 Å². The number of likely N-dealkylation sites (tertiary alicyclic amines) is 1. The minimum Gasteiger partial charge on any atom is -0.469 e. The van der Waals surface area contributed by atoms with Gasteiger partial charge in [-0.25, -0.2) is 0 Å². The molecule has 1 amide bonds. The van der Waals surface area contributed by atoms with Crippen molar-refractivity contribution < 1.29 is 27.5 Å². The number of carbonyl (C=O) groups is 2. The Morgan fingerprint density at radius 2 is 1.75 bits per heavy atom. The van der Waals surface area contributed by atoms with Gasteiger partial charge in [0.15, 0.2) is 0 Å². The Kier molecular flexibility index (Phi) is 3.77. The highest BCUT2D eigenvalue weighted by molar-refractivity contribution is 5.82. The van der Waals surface area contributed by atoms with Crippen LogP contribution in [0.5, 0.6) is 0 Å². The molecule has 1 heterocycles. The summed E-state index contributed by atoms with van der Waals surface area (Å²) in [5.41, 5.74) is 0. The first kappa shape index (κ1) is 12.8. The number of hydrogen-bond donors (Lipinski definition) is 0. The number of ether oxygens (including phenoxy) is 1. The zero-order chi connectivity index (χ0) is 12.3.